The maximum Gasteiger partial charge on any atom is 0.244 e. The van der Waals surface area contributed by atoms with Gasteiger partial charge in [0.15, 0.2) is 11.5 Å². The molecule has 22 heavy (non-hydrogen) atoms. The van der Waals surface area contributed by atoms with Gasteiger partial charge in [-0.1, -0.05) is 13.8 Å². The van der Waals surface area contributed by atoms with Crippen molar-refractivity contribution >= 4 is 20.0 Å². The number of rotatable bonds is 8. The normalized spacial score (nSPS) is 12.5. The zero-order chi connectivity index (χ0) is 17.0. The summed E-state index contributed by atoms with van der Waals surface area (Å²) in [5, 5.41) is 19.3. The van der Waals surface area contributed by atoms with Crippen LogP contribution in [-0.2, 0) is 20.0 Å². The van der Waals surface area contributed by atoms with Crippen molar-refractivity contribution in [3.63, 3.8) is 0 Å². The highest BCUT2D eigenvalue weighted by molar-refractivity contribution is 7.90. The number of hydrogen-bond donors (Lipinski definition) is 4. The average Bonchev–Trinajstić information content (AvgIpc) is 2.45. The Morgan fingerprint density at radius 3 is 1.91 bits per heavy atom. The van der Waals surface area contributed by atoms with Gasteiger partial charge in [-0.25, -0.2) is 26.3 Å². The lowest BCUT2D eigenvalue weighted by Crippen LogP contribution is -2.26. The average molecular weight is 352 g/mol. The number of sulfonamides is 2. The van der Waals surface area contributed by atoms with E-state index in [2.05, 4.69) is 9.44 Å². The summed E-state index contributed by atoms with van der Waals surface area (Å²) in [5.41, 5.74) is 0. The molecule has 0 aliphatic carbocycles. The van der Waals surface area contributed by atoms with Crippen LogP contribution in [0.2, 0.25) is 0 Å². The summed E-state index contributed by atoms with van der Waals surface area (Å²) in [6.45, 7) is 3.80. The number of benzene rings is 1. The molecule has 0 spiro atoms. The number of nitrogens with one attached hydrogen (secondary N) is 2. The fourth-order valence-electron chi connectivity index (χ4n) is 1.56. The third kappa shape index (κ3) is 4.32. The zero-order valence-electron chi connectivity index (χ0n) is 12.3. The third-order valence-electron chi connectivity index (χ3n) is 2.71. The maximum absolute atomic E-state index is 12.1. The van der Waals surface area contributed by atoms with E-state index in [0.29, 0.717) is 12.8 Å². The predicted molar refractivity (Wildman–Crippen MR) is 80.7 cm³/mol. The second-order valence-corrected chi connectivity index (χ2v) is 8.09. The van der Waals surface area contributed by atoms with Crippen molar-refractivity contribution in [1.29, 1.82) is 0 Å². The topological polar surface area (TPSA) is 133 Å². The van der Waals surface area contributed by atoms with Gasteiger partial charge in [0.2, 0.25) is 20.0 Å². The lowest BCUT2D eigenvalue weighted by Gasteiger charge is -2.12. The fourth-order valence-corrected chi connectivity index (χ4v) is 4.09. The summed E-state index contributed by atoms with van der Waals surface area (Å²) >= 11 is 0. The number of phenols is 2. The standard InChI is InChI=1S/C12H20N2O6S2/c1-3-5-13-21(17,18)9-7-10(15)12(16)11(8-9)22(19,20)14-6-4-2/h7-8,13-16H,3-6H2,1-2H3. The number of aromatic hydroxyl groups is 2. The minimum absolute atomic E-state index is 0.119. The van der Waals surface area contributed by atoms with Crippen molar-refractivity contribution in [3.05, 3.63) is 12.1 Å². The minimum Gasteiger partial charge on any atom is -0.504 e. The molecular weight excluding hydrogens is 332 g/mol. The molecule has 0 bridgehead atoms. The minimum atomic E-state index is -4.13. The highest BCUT2D eigenvalue weighted by atomic mass is 32.2. The van der Waals surface area contributed by atoms with Crippen LogP contribution in [0.4, 0.5) is 0 Å². The van der Waals surface area contributed by atoms with Crippen molar-refractivity contribution in [1.82, 2.24) is 9.44 Å². The van der Waals surface area contributed by atoms with Crippen LogP contribution < -0.4 is 9.44 Å². The van der Waals surface area contributed by atoms with Crippen molar-refractivity contribution in [3.8, 4) is 11.5 Å². The van der Waals surface area contributed by atoms with Gasteiger partial charge in [0.05, 0.1) is 4.90 Å². The van der Waals surface area contributed by atoms with E-state index in [4.69, 9.17) is 0 Å². The molecule has 0 atom stereocenters. The summed E-state index contributed by atoms with van der Waals surface area (Å²) in [7, 11) is -8.11. The molecule has 126 valence electrons. The van der Waals surface area contributed by atoms with E-state index < -0.39 is 41.3 Å². The van der Waals surface area contributed by atoms with Gasteiger partial charge in [-0.2, -0.15) is 0 Å². The Balaban J connectivity index is 3.38. The smallest absolute Gasteiger partial charge is 0.244 e. The molecule has 1 aromatic rings. The first-order valence-electron chi connectivity index (χ1n) is 6.71. The Kier molecular flexibility index (Phi) is 6.17. The monoisotopic (exact) mass is 352 g/mol. The molecule has 0 saturated carbocycles. The molecular formula is C12H20N2O6S2. The Morgan fingerprint density at radius 1 is 0.909 bits per heavy atom. The molecule has 0 heterocycles. The quantitative estimate of drug-likeness (QED) is 0.503. The first-order chi connectivity index (χ1) is 10.2. The van der Waals surface area contributed by atoms with Gasteiger partial charge in [-0.05, 0) is 18.9 Å². The predicted octanol–water partition coefficient (Wildman–Crippen LogP) is 0.474. The highest BCUT2D eigenvalue weighted by Crippen LogP contribution is 2.35. The van der Waals surface area contributed by atoms with Gasteiger partial charge in [-0.3, -0.25) is 0 Å². The van der Waals surface area contributed by atoms with E-state index in [1.165, 1.54) is 0 Å². The zero-order valence-corrected chi connectivity index (χ0v) is 14.0. The van der Waals surface area contributed by atoms with Crippen molar-refractivity contribution < 1.29 is 27.0 Å². The number of phenolic OH excluding ortho intramolecular Hbond substituents is 2. The van der Waals surface area contributed by atoms with Crippen molar-refractivity contribution in [2.24, 2.45) is 0 Å². The Morgan fingerprint density at radius 2 is 1.41 bits per heavy atom. The van der Waals surface area contributed by atoms with E-state index in [-0.39, 0.29) is 13.1 Å². The highest BCUT2D eigenvalue weighted by Gasteiger charge is 2.25. The van der Waals surface area contributed by atoms with E-state index >= 15 is 0 Å². The van der Waals surface area contributed by atoms with Crippen LogP contribution in [0.5, 0.6) is 11.5 Å². The maximum atomic E-state index is 12.1. The Bertz CT molecular complexity index is 728. The first-order valence-corrected chi connectivity index (χ1v) is 9.67. The van der Waals surface area contributed by atoms with Gasteiger partial charge < -0.3 is 10.2 Å². The molecule has 0 unspecified atom stereocenters. The first kappa shape index (κ1) is 18.7. The van der Waals surface area contributed by atoms with Crippen LogP contribution in [0.15, 0.2) is 21.9 Å². The van der Waals surface area contributed by atoms with E-state index in [1.54, 1.807) is 13.8 Å². The van der Waals surface area contributed by atoms with Crippen LogP contribution in [0, 0.1) is 0 Å². The summed E-state index contributed by atoms with van der Waals surface area (Å²) in [6, 6.07) is 1.61. The molecule has 1 aromatic carbocycles. The van der Waals surface area contributed by atoms with E-state index in [1.807, 2.05) is 0 Å². The van der Waals surface area contributed by atoms with Crippen LogP contribution in [0.25, 0.3) is 0 Å². The van der Waals surface area contributed by atoms with Crippen LogP contribution in [-0.4, -0.2) is 40.1 Å². The summed E-state index contributed by atoms with van der Waals surface area (Å²) < 4.78 is 52.6. The van der Waals surface area contributed by atoms with Crippen LogP contribution >= 0.6 is 0 Å². The van der Waals surface area contributed by atoms with Gasteiger partial charge >= 0.3 is 0 Å². The number of hydrogen-bond acceptors (Lipinski definition) is 6. The Hall–Kier alpha value is -1.36. The molecule has 1 rings (SSSR count). The van der Waals surface area contributed by atoms with Gasteiger partial charge in [0.1, 0.15) is 4.90 Å². The second-order valence-electron chi connectivity index (χ2n) is 4.58. The lowest BCUT2D eigenvalue weighted by molar-refractivity contribution is 0.391. The van der Waals surface area contributed by atoms with Crippen molar-refractivity contribution in [2.45, 2.75) is 36.5 Å². The SMILES string of the molecule is CCCNS(=O)(=O)c1cc(O)c(O)c(S(=O)(=O)NCCC)c1. The molecule has 0 amide bonds. The molecule has 0 aromatic heterocycles. The second kappa shape index (κ2) is 7.27. The summed E-state index contributed by atoms with van der Waals surface area (Å²) in [5.74, 6) is -1.71. The van der Waals surface area contributed by atoms with Crippen molar-refractivity contribution in [2.75, 3.05) is 13.1 Å². The molecule has 8 nitrogen and oxygen atoms in total. The largest absolute Gasteiger partial charge is 0.504 e. The summed E-state index contributed by atoms with van der Waals surface area (Å²) in [4.78, 5) is -1.12. The molecule has 0 saturated heterocycles. The van der Waals surface area contributed by atoms with Crippen LogP contribution in [0.1, 0.15) is 26.7 Å². The Labute approximate surface area is 130 Å². The molecule has 0 aliphatic heterocycles. The molecule has 4 N–H and O–H groups in total. The van der Waals surface area contributed by atoms with Gasteiger partial charge in [-0.15, -0.1) is 0 Å². The fraction of sp³-hybridized carbons (Fsp3) is 0.500. The van der Waals surface area contributed by atoms with E-state index in [0.717, 1.165) is 12.1 Å². The third-order valence-corrected chi connectivity index (χ3v) is 5.63. The lowest BCUT2D eigenvalue weighted by atomic mass is 10.3. The molecule has 0 aliphatic rings. The van der Waals surface area contributed by atoms with Gasteiger partial charge in [0.25, 0.3) is 0 Å². The molecule has 0 radical (unpaired) electrons. The van der Waals surface area contributed by atoms with Crippen LogP contribution in [0.3, 0.4) is 0 Å². The van der Waals surface area contributed by atoms with Gasteiger partial charge in [0, 0.05) is 19.2 Å². The summed E-state index contributed by atoms with van der Waals surface area (Å²) in [6.07, 6.45) is 1.06. The molecule has 10 heteroatoms. The molecule has 0 fully saturated rings. The van der Waals surface area contributed by atoms with E-state index in [9.17, 15) is 27.0 Å².